The molecule has 3 amide bonds. The van der Waals surface area contributed by atoms with Gasteiger partial charge >= 0.3 is 6.09 Å². The third-order valence-electron chi connectivity index (χ3n) is 5.71. The van der Waals surface area contributed by atoms with Crippen molar-refractivity contribution in [3.05, 3.63) is 0 Å². The van der Waals surface area contributed by atoms with Crippen molar-refractivity contribution in [3.63, 3.8) is 0 Å². The molecule has 0 aromatic heterocycles. The Balaban J connectivity index is 1.63. The van der Waals surface area contributed by atoms with Crippen LogP contribution in [0, 0.1) is 17.3 Å². The molecule has 0 spiro atoms. The fourth-order valence-electron chi connectivity index (χ4n) is 4.20. The summed E-state index contributed by atoms with van der Waals surface area (Å²) in [5.74, 6) is 0.684. The average Bonchev–Trinajstić information content (AvgIpc) is 2.94. The van der Waals surface area contributed by atoms with Crippen molar-refractivity contribution >= 4 is 17.9 Å². The predicted molar refractivity (Wildman–Crippen MR) is 91.4 cm³/mol. The number of amides is 3. The summed E-state index contributed by atoms with van der Waals surface area (Å²) < 4.78 is 5.51. The van der Waals surface area contributed by atoms with Gasteiger partial charge < -0.3 is 20.7 Å². The largest absolute Gasteiger partial charge is 0.446 e. The Morgan fingerprint density at radius 1 is 1.16 bits per heavy atom. The quantitative estimate of drug-likeness (QED) is 0.799. The molecule has 3 N–H and O–H groups in total. The molecule has 2 aliphatic carbocycles. The number of primary amides is 1. The van der Waals surface area contributed by atoms with Crippen molar-refractivity contribution in [2.45, 2.75) is 71.1 Å². The van der Waals surface area contributed by atoms with Gasteiger partial charge in [-0.05, 0) is 49.4 Å². The van der Waals surface area contributed by atoms with Crippen molar-refractivity contribution < 1.29 is 19.1 Å². The molecule has 25 heavy (non-hydrogen) atoms. The Kier molecular flexibility index (Phi) is 4.68. The Morgan fingerprint density at radius 3 is 2.36 bits per heavy atom. The van der Waals surface area contributed by atoms with E-state index in [-0.39, 0.29) is 12.0 Å². The first kappa shape index (κ1) is 18.0. The number of rotatable bonds is 4. The highest BCUT2D eigenvalue weighted by molar-refractivity contribution is 5.91. The lowest BCUT2D eigenvalue weighted by Crippen LogP contribution is -2.57. The minimum absolute atomic E-state index is 0.0374. The second kappa shape index (κ2) is 6.50. The number of nitrogens with zero attached hydrogens (tertiary/aromatic N) is 1. The lowest BCUT2D eigenvalue weighted by Gasteiger charge is -2.35. The number of nitrogens with two attached hydrogens (primary N) is 1. The van der Waals surface area contributed by atoms with Crippen LogP contribution in [0.3, 0.4) is 0 Å². The second-order valence-corrected chi connectivity index (χ2v) is 8.79. The van der Waals surface area contributed by atoms with Gasteiger partial charge in [-0.3, -0.25) is 9.59 Å². The number of alkyl carbamates (subject to hydrolysis) is 1. The molecule has 4 atom stereocenters. The minimum atomic E-state index is -0.754. The summed E-state index contributed by atoms with van der Waals surface area (Å²) in [5, 5.41) is 2.75. The van der Waals surface area contributed by atoms with Crippen molar-refractivity contribution in [2.24, 2.45) is 23.0 Å². The average molecular weight is 351 g/mol. The molecule has 7 nitrogen and oxygen atoms in total. The van der Waals surface area contributed by atoms with Crippen LogP contribution in [0.2, 0.25) is 0 Å². The molecule has 7 heteroatoms. The van der Waals surface area contributed by atoms with Gasteiger partial charge in [-0.25, -0.2) is 4.79 Å². The number of ether oxygens (including phenoxy) is 1. The van der Waals surface area contributed by atoms with Crippen LogP contribution in [-0.4, -0.2) is 47.5 Å². The molecule has 0 bridgehead atoms. The van der Waals surface area contributed by atoms with Crippen LogP contribution in [0.4, 0.5) is 4.79 Å². The lowest BCUT2D eigenvalue weighted by atomic mass is 9.85. The van der Waals surface area contributed by atoms with Gasteiger partial charge in [0.05, 0.1) is 0 Å². The van der Waals surface area contributed by atoms with E-state index in [4.69, 9.17) is 10.5 Å². The highest BCUT2D eigenvalue weighted by atomic mass is 16.6. The van der Waals surface area contributed by atoms with Gasteiger partial charge in [0.1, 0.15) is 18.2 Å². The summed E-state index contributed by atoms with van der Waals surface area (Å²) in [4.78, 5) is 38.4. The first-order valence-corrected chi connectivity index (χ1v) is 9.23. The highest BCUT2D eigenvalue weighted by Crippen LogP contribution is 2.52. The highest BCUT2D eigenvalue weighted by Gasteiger charge is 2.48. The Labute approximate surface area is 148 Å². The summed E-state index contributed by atoms with van der Waals surface area (Å²) in [6, 6.07) is -1.34. The van der Waals surface area contributed by atoms with Crippen LogP contribution in [0.1, 0.15) is 52.9 Å². The number of fused-ring (bicyclic) bond motifs is 1. The zero-order valence-electron chi connectivity index (χ0n) is 15.3. The summed E-state index contributed by atoms with van der Waals surface area (Å²) in [6.07, 6.45) is 3.86. The van der Waals surface area contributed by atoms with Crippen LogP contribution in [0.15, 0.2) is 0 Å². The van der Waals surface area contributed by atoms with Gasteiger partial charge in [0.15, 0.2) is 0 Å². The number of carbonyl (C=O) groups is 3. The third-order valence-corrected chi connectivity index (χ3v) is 5.71. The zero-order chi connectivity index (χ0) is 18.4. The molecule has 0 aromatic carbocycles. The van der Waals surface area contributed by atoms with Crippen LogP contribution in [0.25, 0.3) is 0 Å². The van der Waals surface area contributed by atoms with Gasteiger partial charge in [-0.2, -0.15) is 0 Å². The molecule has 0 aromatic rings. The normalized spacial score (nSPS) is 32.0. The van der Waals surface area contributed by atoms with Crippen LogP contribution in [-0.2, 0) is 14.3 Å². The van der Waals surface area contributed by atoms with E-state index in [0.717, 1.165) is 31.1 Å². The molecule has 3 fully saturated rings. The predicted octanol–water partition coefficient (Wildman–Crippen LogP) is 1.40. The fourth-order valence-corrected chi connectivity index (χ4v) is 4.20. The summed E-state index contributed by atoms with van der Waals surface area (Å²) in [5.41, 5.74) is 4.92. The van der Waals surface area contributed by atoms with Gasteiger partial charge in [0.2, 0.25) is 11.8 Å². The van der Waals surface area contributed by atoms with Crippen LogP contribution in [0.5, 0.6) is 0 Å². The number of carbonyl (C=O) groups excluding carboxylic acids is 3. The summed E-state index contributed by atoms with van der Waals surface area (Å²) >= 11 is 0. The van der Waals surface area contributed by atoms with E-state index in [1.807, 2.05) is 20.8 Å². The van der Waals surface area contributed by atoms with Gasteiger partial charge in [0.25, 0.3) is 0 Å². The van der Waals surface area contributed by atoms with Crippen molar-refractivity contribution in [1.29, 1.82) is 0 Å². The van der Waals surface area contributed by atoms with Gasteiger partial charge in [-0.1, -0.05) is 20.8 Å². The maximum absolute atomic E-state index is 13.0. The van der Waals surface area contributed by atoms with E-state index in [2.05, 4.69) is 5.32 Å². The summed E-state index contributed by atoms with van der Waals surface area (Å²) in [7, 11) is 0. The number of hydrogen-bond donors (Lipinski definition) is 2. The van der Waals surface area contributed by atoms with Gasteiger partial charge in [0, 0.05) is 6.54 Å². The molecule has 2 unspecified atom stereocenters. The SMILES string of the molecule is CC(C)(C)[C@H](NC(=O)OC1CC2CC2C1)C(=O)N1CCC[C@H]1C(N)=O. The first-order valence-electron chi connectivity index (χ1n) is 9.23. The summed E-state index contributed by atoms with van der Waals surface area (Å²) in [6.45, 7) is 6.14. The molecule has 3 aliphatic rings. The third kappa shape index (κ3) is 3.90. The van der Waals surface area contributed by atoms with E-state index in [1.165, 1.54) is 11.3 Å². The number of likely N-dealkylation sites (tertiary alicyclic amines) is 1. The first-order chi connectivity index (χ1) is 11.7. The molecular formula is C18H29N3O4. The second-order valence-electron chi connectivity index (χ2n) is 8.79. The topological polar surface area (TPSA) is 102 Å². The molecule has 0 radical (unpaired) electrons. The number of hydrogen-bond acceptors (Lipinski definition) is 4. The van der Waals surface area contributed by atoms with Crippen LogP contribution < -0.4 is 11.1 Å². The monoisotopic (exact) mass is 351 g/mol. The lowest BCUT2D eigenvalue weighted by molar-refractivity contribution is -0.141. The van der Waals surface area contributed by atoms with E-state index in [9.17, 15) is 14.4 Å². The molecule has 1 aliphatic heterocycles. The molecular weight excluding hydrogens is 322 g/mol. The Bertz CT molecular complexity index is 561. The minimum Gasteiger partial charge on any atom is -0.446 e. The van der Waals surface area contributed by atoms with Crippen LogP contribution >= 0.6 is 0 Å². The molecule has 140 valence electrons. The molecule has 3 rings (SSSR count). The van der Waals surface area contributed by atoms with Crippen molar-refractivity contribution in [1.82, 2.24) is 10.2 Å². The number of nitrogens with one attached hydrogen (secondary N) is 1. The fraction of sp³-hybridized carbons (Fsp3) is 0.833. The zero-order valence-corrected chi connectivity index (χ0v) is 15.3. The molecule has 2 saturated carbocycles. The Hall–Kier alpha value is -1.79. The van der Waals surface area contributed by atoms with E-state index >= 15 is 0 Å². The Morgan fingerprint density at radius 2 is 1.80 bits per heavy atom. The molecule has 1 heterocycles. The standard InChI is InChI=1S/C18H29N3O4/c1-18(2,3)14(16(23)21-6-4-5-13(21)15(19)22)20-17(24)25-12-8-10-7-11(10)9-12/h10-14H,4-9H2,1-3H3,(H2,19,22)(H,20,24)/t10?,11?,12?,13-,14+/m0/s1. The van der Waals surface area contributed by atoms with Gasteiger partial charge in [-0.15, -0.1) is 0 Å². The maximum Gasteiger partial charge on any atom is 0.408 e. The van der Waals surface area contributed by atoms with E-state index < -0.39 is 29.5 Å². The maximum atomic E-state index is 13.0. The smallest absolute Gasteiger partial charge is 0.408 e. The van der Waals surface area contributed by atoms with Crippen molar-refractivity contribution in [2.75, 3.05) is 6.54 Å². The van der Waals surface area contributed by atoms with E-state index in [1.54, 1.807) is 0 Å². The van der Waals surface area contributed by atoms with Crippen molar-refractivity contribution in [3.8, 4) is 0 Å². The van der Waals surface area contributed by atoms with E-state index in [0.29, 0.717) is 13.0 Å². The molecule has 1 saturated heterocycles.